The molecule has 0 aliphatic carbocycles. The van der Waals surface area contributed by atoms with Crippen LogP contribution in [0, 0.1) is 0 Å². The Kier molecular flexibility index (Phi) is 5.29. The van der Waals surface area contributed by atoms with Crippen LogP contribution in [0.5, 0.6) is 11.5 Å². The van der Waals surface area contributed by atoms with Crippen molar-refractivity contribution in [1.82, 2.24) is 0 Å². The molecule has 0 spiro atoms. The number of esters is 1. The molecule has 0 aliphatic rings. The van der Waals surface area contributed by atoms with Gasteiger partial charge in [-0.3, -0.25) is 4.79 Å². The maximum absolute atomic E-state index is 12.1. The fourth-order valence-electron chi connectivity index (χ4n) is 2.29. The van der Waals surface area contributed by atoms with Gasteiger partial charge in [-0.1, -0.05) is 42.5 Å². The molecular weight excluding hydrogens is 332 g/mol. The summed E-state index contributed by atoms with van der Waals surface area (Å²) in [4.78, 5) is 24.1. The zero-order valence-electron chi connectivity index (χ0n) is 14.0. The average Bonchev–Trinajstić information content (AvgIpc) is 3.22. The standard InChI is InChI=1S/C21H16O5/c1-24-20-14-15(9-11-17(22)16-6-3-2-4-7-16)10-12-18(20)26-21(23)19-8-5-13-25-19/h2-14H,1H3. The summed E-state index contributed by atoms with van der Waals surface area (Å²) >= 11 is 0. The van der Waals surface area contributed by atoms with Crippen molar-refractivity contribution in [2.75, 3.05) is 7.11 Å². The van der Waals surface area contributed by atoms with E-state index in [4.69, 9.17) is 13.9 Å². The topological polar surface area (TPSA) is 65.7 Å². The van der Waals surface area contributed by atoms with Crippen LogP contribution in [0.15, 0.2) is 77.4 Å². The van der Waals surface area contributed by atoms with E-state index in [1.54, 1.807) is 42.5 Å². The van der Waals surface area contributed by atoms with Crippen LogP contribution in [0.25, 0.3) is 6.08 Å². The van der Waals surface area contributed by atoms with Crippen molar-refractivity contribution in [2.45, 2.75) is 0 Å². The van der Waals surface area contributed by atoms with Gasteiger partial charge in [0.2, 0.25) is 5.76 Å². The summed E-state index contributed by atoms with van der Waals surface area (Å²) in [7, 11) is 1.47. The number of ketones is 1. The molecule has 3 rings (SSSR count). The smallest absolute Gasteiger partial charge is 0.379 e. The molecule has 26 heavy (non-hydrogen) atoms. The Morgan fingerprint density at radius 3 is 2.46 bits per heavy atom. The zero-order valence-corrected chi connectivity index (χ0v) is 14.0. The number of carbonyl (C=O) groups is 2. The van der Waals surface area contributed by atoms with Gasteiger partial charge in [-0.25, -0.2) is 4.79 Å². The van der Waals surface area contributed by atoms with E-state index in [0.717, 1.165) is 5.56 Å². The number of hydrogen-bond acceptors (Lipinski definition) is 5. The summed E-state index contributed by atoms with van der Waals surface area (Å²) in [5.74, 6) is 0.0258. The van der Waals surface area contributed by atoms with Crippen molar-refractivity contribution in [3.63, 3.8) is 0 Å². The van der Waals surface area contributed by atoms with Crippen LogP contribution in [-0.4, -0.2) is 18.9 Å². The first kappa shape index (κ1) is 17.2. The molecule has 1 aromatic heterocycles. The zero-order chi connectivity index (χ0) is 18.4. The third-order valence-electron chi connectivity index (χ3n) is 3.60. The molecule has 0 aliphatic heterocycles. The largest absolute Gasteiger partial charge is 0.493 e. The van der Waals surface area contributed by atoms with E-state index in [1.165, 1.54) is 25.5 Å². The molecule has 0 bridgehead atoms. The molecule has 0 saturated heterocycles. The monoisotopic (exact) mass is 348 g/mol. The van der Waals surface area contributed by atoms with Gasteiger partial charge in [0.25, 0.3) is 0 Å². The van der Waals surface area contributed by atoms with E-state index < -0.39 is 5.97 Å². The fraction of sp³-hybridized carbons (Fsp3) is 0.0476. The van der Waals surface area contributed by atoms with Gasteiger partial charge in [0, 0.05) is 5.56 Å². The highest BCUT2D eigenvalue weighted by Gasteiger charge is 2.14. The molecule has 0 fully saturated rings. The van der Waals surface area contributed by atoms with Crippen molar-refractivity contribution in [2.24, 2.45) is 0 Å². The highest BCUT2D eigenvalue weighted by atomic mass is 16.6. The maximum atomic E-state index is 12.1. The Bertz CT molecular complexity index is 924. The van der Waals surface area contributed by atoms with E-state index in [-0.39, 0.29) is 17.3 Å². The first-order valence-corrected chi connectivity index (χ1v) is 7.88. The SMILES string of the molecule is COc1cc(C=CC(=O)c2ccccc2)ccc1OC(=O)c1ccco1. The van der Waals surface area contributed by atoms with Gasteiger partial charge in [0.05, 0.1) is 13.4 Å². The predicted molar refractivity (Wildman–Crippen MR) is 96.5 cm³/mol. The van der Waals surface area contributed by atoms with Crippen LogP contribution >= 0.6 is 0 Å². The molecule has 0 unspecified atom stereocenters. The van der Waals surface area contributed by atoms with Crippen LogP contribution in [0.4, 0.5) is 0 Å². The molecule has 1 heterocycles. The molecule has 5 heteroatoms. The normalized spacial score (nSPS) is 10.7. The van der Waals surface area contributed by atoms with E-state index in [0.29, 0.717) is 11.3 Å². The average molecular weight is 348 g/mol. The number of benzene rings is 2. The molecule has 0 amide bonds. The molecule has 0 radical (unpaired) electrons. The Balaban J connectivity index is 1.75. The summed E-state index contributed by atoms with van der Waals surface area (Å²) in [6, 6.07) is 17.1. The van der Waals surface area contributed by atoms with E-state index in [2.05, 4.69) is 0 Å². The summed E-state index contributed by atoms with van der Waals surface area (Å²) in [6.45, 7) is 0. The second kappa shape index (κ2) is 7.98. The Morgan fingerprint density at radius 1 is 0.962 bits per heavy atom. The second-order valence-corrected chi connectivity index (χ2v) is 5.34. The van der Waals surface area contributed by atoms with Gasteiger partial charge < -0.3 is 13.9 Å². The van der Waals surface area contributed by atoms with Crippen LogP contribution in [0.2, 0.25) is 0 Å². The van der Waals surface area contributed by atoms with Crippen LogP contribution in [0.1, 0.15) is 26.5 Å². The van der Waals surface area contributed by atoms with Gasteiger partial charge in [-0.05, 0) is 35.9 Å². The van der Waals surface area contributed by atoms with Crippen molar-refractivity contribution >= 4 is 17.8 Å². The number of carbonyl (C=O) groups excluding carboxylic acids is 2. The first-order valence-electron chi connectivity index (χ1n) is 7.88. The molecule has 3 aromatic rings. The van der Waals surface area contributed by atoms with Gasteiger partial charge in [-0.2, -0.15) is 0 Å². The van der Waals surface area contributed by atoms with Crippen LogP contribution in [0.3, 0.4) is 0 Å². The molecule has 130 valence electrons. The van der Waals surface area contributed by atoms with Gasteiger partial charge in [0.1, 0.15) is 0 Å². The van der Waals surface area contributed by atoms with Crippen molar-refractivity contribution in [3.8, 4) is 11.5 Å². The number of rotatable bonds is 6. The summed E-state index contributed by atoms with van der Waals surface area (Å²) in [6.07, 6.45) is 4.56. The summed E-state index contributed by atoms with van der Waals surface area (Å²) in [5, 5.41) is 0. The minimum Gasteiger partial charge on any atom is -0.493 e. The minimum absolute atomic E-state index is 0.0992. The lowest BCUT2D eigenvalue weighted by atomic mass is 10.1. The highest BCUT2D eigenvalue weighted by molar-refractivity contribution is 6.06. The first-order chi connectivity index (χ1) is 12.7. The summed E-state index contributed by atoms with van der Waals surface area (Å²) < 4.78 is 15.6. The van der Waals surface area contributed by atoms with Crippen molar-refractivity contribution in [1.29, 1.82) is 0 Å². The van der Waals surface area contributed by atoms with Crippen LogP contribution in [-0.2, 0) is 0 Å². The van der Waals surface area contributed by atoms with E-state index in [1.807, 2.05) is 18.2 Å². The van der Waals surface area contributed by atoms with Gasteiger partial charge in [-0.15, -0.1) is 0 Å². The lowest BCUT2D eigenvalue weighted by molar-refractivity contribution is 0.0696. The lowest BCUT2D eigenvalue weighted by Gasteiger charge is -2.09. The predicted octanol–water partition coefficient (Wildman–Crippen LogP) is 4.40. The Labute approximate surface area is 150 Å². The van der Waals surface area contributed by atoms with Crippen molar-refractivity contribution in [3.05, 3.63) is 89.9 Å². The van der Waals surface area contributed by atoms with Gasteiger partial charge >= 0.3 is 5.97 Å². The van der Waals surface area contributed by atoms with Crippen molar-refractivity contribution < 1.29 is 23.5 Å². The lowest BCUT2D eigenvalue weighted by Crippen LogP contribution is -2.08. The highest BCUT2D eigenvalue weighted by Crippen LogP contribution is 2.29. The van der Waals surface area contributed by atoms with E-state index >= 15 is 0 Å². The Hall–Kier alpha value is -3.60. The number of allylic oxidation sites excluding steroid dienone is 1. The fourth-order valence-corrected chi connectivity index (χ4v) is 2.29. The molecule has 0 saturated carbocycles. The number of furan rings is 1. The molecule has 0 N–H and O–H groups in total. The summed E-state index contributed by atoms with van der Waals surface area (Å²) in [5.41, 5.74) is 1.35. The van der Waals surface area contributed by atoms with Gasteiger partial charge in [0.15, 0.2) is 17.3 Å². The quantitative estimate of drug-likeness (QED) is 0.286. The third kappa shape index (κ3) is 4.08. The number of methoxy groups -OCH3 is 1. The number of hydrogen-bond donors (Lipinski definition) is 0. The second-order valence-electron chi connectivity index (χ2n) is 5.34. The Morgan fingerprint density at radius 2 is 1.77 bits per heavy atom. The van der Waals surface area contributed by atoms with Crippen LogP contribution < -0.4 is 9.47 Å². The molecular formula is C21H16O5. The third-order valence-corrected chi connectivity index (χ3v) is 3.60. The maximum Gasteiger partial charge on any atom is 0.379 e. The minimum atomic E-state index is -0.615. The molecule has 5 nitrogen and oxygen atoms in total. The number of ether oxygens (including phenoxy) is 2. The molecule has 2 aromatic carbocycles. The molecule has 0 atom stereocenters. The van der Waals surface area contributed by atoms with E-state index in [9.17, 15) is 9.59 Å².